The molecule has 1 N–H and O–H groups in total. The van der Waals surface area contributed by atoms with Crippen LogP contribution in [-0.4, -0.2) is 39.6 Å². The van der Waals surface area contributed by atoms with E-state index in [2.05, 4.69) is 15.2 Å². The summed E-state index contributed by atoms with van der Waals surface area (Å²) in [6.07, 6.45) is 3.02. The summed E-state index contributed by atoms with van der Waals surface area (Å²) in [5.41, 5.74) is 1.13. The van der Waals surface area contributed by atoms with Crippen LogP contribution in [0.1, 0.15) is 52.2 Å². The van der Waals surface area contributed by atoms with Gasteiger partial charge < -0.3 is 9.64 Å². The standard InChI is InChI=1S/C15H20N4O2S/c1-10-7-12(22-9-10)15(20)19-6-4-3-5-11(19)14-16-13(8-21-2)17-18-14/h7,9,11H,3-6,8H2,1-2H3,(H,16,17,18). The first kappa shape index (κ1) is 15.2. The van der Waals surface area contributed by atoms with Crippen LogP contribution >= 0.6 is 11.3 Å². The lowest BCUT2D eigenvalue weighted by atomic mass is 10.0. The SMILES string of the molecule is COCc1nc(C2CCCCN2C(=O)c2cc(C)cs2)n[nH]1. The van der Waals surface area contributed by atoms with Crippen molar-refractivity contribution in [2.24, 2.45) is 0 Å². The number of aromatic amines is 1. The molecule has 1 aliphatic rings. The minimum absolute atomic E-state index is 0.0505. The lowest BCUT2D eigenvalue weighted by Crippen LogP contribution is -2.38. The number of likely N-dealkylation sites (tertiary alicyclic amines) is 1. The number of amides is 1. The average Bonchev–Trinajstić information content (AvgIpc) is 3.16. The van der Waals surface area contributed by atoms with E-state index < -0.39 is 0 Å². The number of thiophene rings is 1. The first-order valence-corrected chi connectivity index (χ1v) is 8.33. The number of hydrogen-bond acceptors (Lipinski definition) is 5. The summed E-state index contributed by atoms with van der Waals surface area (Å²) in [5, 5.41) is 9.18. The molecule has 0 spiro atoms. The first-order valence-electron chi connectivity index (χ1n) is 7.45. The number of carbonyl (C=O) groups is 1. The fourth-order valence-corrected chi connectivity index (χ4v) is 3.64. The summed E-state index contributed by atoms with van der Waals surface area (Å²) in [7, 11) is 1.62. The Morgan fingerprint density at radius 3 is 3.14 bits per heavy atom. The molecule has 7 heteroatoms. The average molecular weight is 320 g/mol. The van der Waals surface area contributed by atoms with Crippen molar-refractivity contribution in [3.8, 4) is 0 Å². The van der Waals surface area contributed by atoms with Crippen molar-refractivity contribution in [1.82, 2.24) is 20.1 Å². The Labute approximate surface area is 133 Å². The van der Waals surface area contributed by atoms with Crippen molar-refractivity contribution >= 4 is 17.2 Å². The molecule has 118 valence electrons. The van der Waals surface area contributed by atoms with Crippen molar-refractivity contribution in [3.63, 3.8) is 0 Å². The van der Waals surface area contributed by atoms with E-state index in [4.69, 9.17) is 4.74 Å². The molecule has 1 atom stereocenters. The molecule has 1 unspecified atom stereocenters. The van der Waals surface area contributed by atoms with Crippen molar-refractivity contribution in [3.05, 3.63) is 33.5 Å². The highest BCUT2D eigenvalue weighted by atomic mass is 32.1. The van der Waals surface area contributed by atoms with E-state index in [1.165, 1.54) is 11.3 Å². The van der Waals surface area contributed by atoms with Crippen LogP contribution in [0.2, 0.25) is 0 Å². The summed E-state index contributed by atoms with van der Waals surface area (Å²) in [5.74, 6) is 1.47. The molecule has 6 nitrogen and oxygen atoms in total. The van der Waals surface area contributed by atoms with Crippen LogP contribution in [0, 0.1) is 6.92 Å². The summed E-state index contributed by atoms with van der Waals surface area (Å²) in [6.45, 7) is 3.17. The van der Waals surface area contributed by atoms with Crippen LogP contribution in [0.3, 0.4) is 0 Å². The number of methoxy groups -OCH3 is 1. The maximum absolute atomic E-state index is 12.8. The van der Waals surface area contributed by atoms with Gasteiger partial charge in [-0.15, -0.1) is 11.3 Å². The molecule has 0 radical (unpaired) electrons. The number of nitrogens with zero attached hydrogens (tertiary/aromatic N) is 3. The van der Waals surface area contributed by atoms with Gasteiger partial charge in [-0.05, 0) is 43.2 Å². The molecule has 0 bridgehead atoms. The number of piperidine rings is 1. The number of hydrogen-bond donors (Lipinski definition) is 1. The van der Waals surface area contributed by atoms with Crippen LogP contribution in [0.15, 0.2) is 11.4 Å². The first-order chi connectivity index (χ1) is 10.7. The topological polar surface area (TPSA) is 71.1 Å². The molecule has 1 aliphatic heterocycles. The Hall–Kier alpha value is -1.73. The molecule has 22 heavy (non-hydrogen) atoms. The monoisotopic (exact) mass is 320 g/mol. The maximum atomic E-state index is 12.8. The van der Waals surface area contributed by atoms with E-state index in [1.807, 2.05) is 23.3 Å². The third-order valence-electron chi connectivity index (χ3n) is 3.83. The van der Waals surface area contributed by atoms with Crippen LogP contribution in [0.25, 0.3) is 0 Å². The third kappa shape index (κ3) is 3.05. The van der Waals surface area contributed by atoms with Crippen molar-refractivity contribution < 1.29 is 9.53 Å². The smallest absolute Gasteiger partial charge is 0.264 e. The van der Waals surface area contributed by atoms with Gasteiger partial charge in [0.25, 0.3) is 5.91 Å². The second-order valence-corrected chi connectivity index (χ2v) is 6.48. The summed E-state index contributed by atoms with van der Waals surface area (Å²) in [6, 6.07) is 1.90. The largest absolute Gasteiger partial charge is 0.377 e. The zero-order chi connectivity index (χ0) is 15.5. The number of nitrogens with one attached hydrogen (secondary N) is 1. The molecule has 0 aliphatic carbocycles. The highest BCUT2D eigenvalue weighted by Crippen LogP contribution is 2.31. The molecule has 0 aromatic carbocycles. The van der Waals surface area contributed by atoms with Gasteiger partial charge in [0.05, 0.1) is 10.9 Å². The number of H-pyrrole nitrogens is 1. The van der Waals surface area contributed by atoms with E-state index in [1.54, 1.807) is 7.11 Å². The molecule has 2 aromatic heterocycles. The zero-order valence-corrected chi connectivity index (χ0v) is 13.7. The van der Waals surface area contributed by atoms with E-state index >= 15 is 0 Å². The number of aromatic nitrogens is 3. The summed E-state index contributed by atoms with van der Waals surface area (Å²) < 4.78 is 5.06. The third-order valence-corrected chi connectivity index (χ3v) is 4.87. The fraction of sp³-hybridized carbons (Fsp3) is 0.533. The van der Waals surface area contributed by atoms with E-state index in [-0.39, 0.29) is 11.9 Å². The second kappa shape index (κ2) is 6.58. The van der Waals surface area contributed by atoms with Gasteiger partial charge in [-0.2, -0.15) is 5.10 Å². The predicted octanol–water partition coefficient (Wildman–Crippen LogP) is 2.69. The van der Waals surface area contributed by atoms with Gasteiger partial charge in [0.1, 0.15) is 6.61 Å². The summed E-state index contributed by atoms with van der Waals surface area (Å²) in [4.78, 5) is 19.9. The summed E-state index contributed by atoms with van der Waals surface area (Å²) >= 11 is 1.50. The van der Waals surface area contributed by atoms with Gasteiger partial charge in [-0.1, -0.05) is 0 Å². The van der Waals surface area contributed by atoms with Crippen LogP contribution in [0.4, 0.5) is 0 Å². The minimum atomic E-state index is -0.0505. The lowest BCUT2D eigenvalue weighted by molar-refractivity contribution is 0.0605. The molecule has 1 saturated heterocycles. The molecule has 3 heterocycles. The van der Waals surface area contributed by atoms with Gasteiger partial charge >= 0.3 is 0 Å². The Balaban J connectivity index is 1.82. The Bertz CT molecular complexity index is 652. The molecule has 1 fully saturated rings. The number of aryl methyl sites for hydroxylation is 1. The normalized spacial score (nSPS) is 18.6. The predicted molar refractivity (Wildman–Crippen MR) is 83.8 cm³/mol. The second-order valence-electron chi connectivity index (χ2n) is 5.57. The van der Waals surface area contributed by atoms with Crippen molar-refractivity contribution in [2.45, 2.75) is 38.8 Å². The molecule has 0 saturated carbocycles. The zero-order valence-electron chi connectivity index (χ0n) is 12.8. The number of carbonyl (C=O) groups excluding carboxylic acids is 1. The van der Waals surface area contributed by atoms with Crippen molar-refractivity contribution in [2.75, 3.05) is 13.7 Å². The highest BCUT2D eigenvalue weighted by molar-refractivity contribution is 7.12. The van der Waals surface area contributed by atoms with Crippen molar-refractivity contribution in [1.29, 1.82) is 0 Å². The molecule has 3 rings (SSSR count). The molecule has 1 amide bonds. The Morgan fingerprint density at radius 2 is 2.41 bits per heavy atom. The van der Waals surface area contributed by atoms with Crippen LogP contribution in [0.5, 0.6) is 0 Å². The van der Waals surface area contributed by atoms with Gasteiger partial charge in [0.15, 0.2) is 11.6 Å². The lowest BCUT2D eigenvalue weighted by Gasteiger charge is -2.33. The Kier molecular flexibility index (Phi) is 4.54. The quantitative estimate of drug-likeness (QED) is 0.940. The van der Waals surface area contributed by atoms with Gasteiger partial charge in [0, 0.05) is 13.7 Å². The maximum Gasteiger partial charge on any atom is 0.264 e. The van der Waals surface area contributed by atoms with Crippen LogP contribution in [-0.2, 0) is 11.3 Å². The molecular formula is C15H20N4O2S. The van der Waals surface area contributed by atoms with Gasteiger partial charge in [0.2, 0.25) is 0 Å². The van der Waals surface area contributed by atoms with Gasteiger partial charge in [-0.25, -0.2) is 4.98 Å². The van der Waals surface area contributed by atoms with E-state index in [9.17, 15) is 4.79 Å². The number of ether oxygens (including phenoxy) is 1. The van der Waals surface area contributed by atoms with E-state index in [0.717, 1.165) is 36.2 Å². The van der Waals surface area contributed by atoms with Crippen LogP contribution < -0.4 is 0 Å². The molecule has 2 aromatic rings. The van der Waals surface area contributed by atoms with E-state index in [0.29, 0.717) is 18.3 Å². The molecular weight excluding hydrogens is 300 g/mol. The van der Waals surface area contributed by atoms with Gasteiger partial charge in [-0.3, -0.25) is 9.89 Å². The minimum Gasteiger partial charge on any atom is -0.377 e. The fourth-order valence-electron chi connectivity index (χ4n) is 2.79. The Morgan fingerprint density at radius 1 is 1.55 bits per heavy atom. The highest BCUT2D eigenvalue weighted by Gasteiger charge is 2.31. The number of rotatable bonds is 4.